The second-order valence-electron chi connectivity index (χ2n) is 14.9. The summed E-state index contributed by atoms with van der Waals surface area (Å²) < 4.78 is 40.0. The number of amides is 4. The second-order valence-corrected chi connectivity index (χ2v) is 16.8. The molecule has 1 aromatic heterocycles. The average Bonchev–Trinajstić information content (AvgIpc) is 3.54. The van der Waals surface area contributed by atoms with Crippen molar-refractivity contribution < 1.29 is 37.1 Å². The van der Waals surface area contributed by atoms with Gasteiger partial charge in [-0.2, -0.15) is 0 Å². The first-order chi connectivity index (χ1) is 23.8. The van der Waals surface area contributed by atoms with Gasteiger partial charge in [0, 0.05) is 23.9 Å². The van der Waals surface area contributed by atoms with Crippen molar-refractivity contribution in [3.63, 3.8) is 0 Å². The summed E-state index contributed by atoms with van der Waals surface area (Å²) in [6.45, 7) is 5.22. The van der Waals surface area contributed by atoms with E-state index in [-0.39, 0.29) is 19.4 Å². The lowest BCUT2D eigenvalue weighted by Crippen LogP contribution is -2.59. The van der Waals surface area contributed by atoms with E-state index < -0.39 is 74.3 Å². The minimum absolute atomic E-state index is 0.0207. The minimum Gasteiger partial charge on any atom is -0.472 e. The number of nitrogens with one attached hydrogen (secondary N) is 3. The first kappa shape index (κ1) is 35.6. The molecular formula is C36H47N5O8S. The third-order valence-corrected chi connectivity index (χ3v) is 11.8. The molecule has 4 aliphatic rings. The van der Waals surface area contributed by atoms with Crippen LogP contribution < -0.4 is 20.1 Å². The van der Waals surface area contributed by atoms with Crippen LogP contribution >= 0.6 is 0 Å². The molecule has 2 saturated carbocycles. The Hall–Kier alpha value is -4.20. The highest BCUT2D eigenvalue weighted by molar-refractivity contribution is 7.90. The van der Waals surface area contributed by atoms with E-state index in [2.05, 4.69) is 20.3 Å². The summed E-state index contributed by atoms with van der Waals surface area (Å²) in [6.07, 6.45) is 9.38. The minimum atomic E-state index is -3.91. The quantitative estimate of drug-likeness (QED) is 0.377. The first-order valence-electron chi connectivity index (χ1n) is 17.6. The van der Waals surface area contributed by atoms with Gasteiger partial charge in [-0.05, 0) is 76.8 Å². The lowest BCUT2D eigenvalue weighted by Gasteiger charge is -2.31. The number of alkyl carbamates (subject to hydrolysis) is 1. The van der Waals surface area contributed by atoms with E-state index in [9.17, 15) is 27.6 Å². The van der Waals surface area contributed by atoms with E-state index in [1.807, 2.05) is 42.5 Å². The lowest BCUT2D eigenvalue weighted by molar-refractivity contribution is -0.141. The number of sulfonamides is 1. The van der Waals surface area contributed by atoms with Crippen LogP contribution in [0.25, 0.3) is 10.8 Å². The fourth-order valence-corrected chi connectivity index (χ4v) is 8.50. The van der Waals surface area contributed by atoms with E-state index in [1.54, 1.807) is 27.0 Å². The number of fused-ring (bicyclic) bond motifs is 3. The zero-order chi connectivity index (χ0) is 35.7. The van der Waals surface area contributed by atoms with Crippen molar-refractivity contribution in [3.05, 3.63) is 48.7 Å². The van der Waals surface area contributed by atoms with Crippen molar-refractivity contribution in [2.75, 3.05) is 6.54 Å². The summed E-state index contributed by atoms with van der Waals surface area (Å²) in [7, 11) is -3.91. The Morgan fingerprint density at radius 3 is 2.56 bits per heavy atom. The predicted molar refractivity (Wildman–Crippen MR) is 185 cm³/mol. The Kier molecular flexibility index (Phi) is 10.1. The van der Waals surface area contributed by atoms with Crippen molar-refractivity contribution in [1.82, 2.24) is 25.2 Å². The van der Waals surface area contributed by atoms with Gasteiger partial charge in [0.25, 0.3) is 5.91 Å². The fourth-order valence-electron chi connectivity index (χ4n) is 6.94. The van der Waals surface area contributed by atoms with Crippen LogP contribution in [0.1, 0.15) is 85.0 Å². The van der Waals surface area contributed by atoms with E-state index in [1.165, 1.54) is 4.90 Å². The SMILES string of the molecule is CC(C)(C)OC(=O)N[C@H]1CCCCC/C=C\[C@@H]2C[C@@]2(C(=O)NS(=O)(=O)C2CCC2)NC(=O)[C@@H]2C[C@@H](Oc3nccc4ccccc34)CN2C1=O. The Morgan fingerprint density at radius 1 is 1.04 bits per heavy atom. The number of carbonyl (C=O) groups excluding carboxylic acids is 4. The van der Waals surface area contributed by atoms with Crippen molar-refractivity contribution in [2.24, 2.45) is 5.92 Å². The number of nitrogens with zero attached hydrogens (tertiary/aromatic N) is 2. The molecular weight excluding hydrogens is 662 g/mol. The maximum absolute atomic E-state index is 14.4. The van der Waals surface area contributed by atoms with Gasteiger partial charge in [0.2, 0.25) is 27.7 Å². The molecule has 0 radical (unpaired) electrons. The fraction of sp³-hybridized carbons (Fsp3) is 0.583. The van der Waals surface area contributed by atoms with Gasteiger partial charge in [0.15, 0.2) is 0 Å². The topological polar surface area (TPSA) is 173 Å². The Balaban J connectivity index is 1.30. The summed E-state index contributed by atoms with van der Waals surface area (Å²) in [5.74, 6) is -1.90. The standard InChI is InChI=1S/C36H47N5O8S/c1-35(2,3)49-34(45)38-28-17-8-6-4-5-7-13-24-21-36(24,33(44)40-50(46,47)26-14-11-15-26)39-30(42)29-20-25(22-41(29)32(28)43)48-31-27-16-10-9-12-23(27)18-19-37-31/h7,9-10,12-13,16,18-19,24-26,28-29H,4-6,8,11,14-15,17,20-22H2,1-3H3,(H,38,45)(H,39,42)(H,40,44)/b13-7-/t24-,25-,28+,29+,36-/m1/s1. The number of hydrogen-bond donors (Lipinski definition) is 3. The van der Waals surface area contributed by atoms with Gasteiger partial charge < -0.3 is 25.0 Å². The van der Waals surface area contributed by atoms with Gasteiger partial charge >= 0.3 is 6.09 Å². The number of allylic oxidation sites excluding steroid dienone is 1. The molecule has 0 spiro atoms. The number of pyridine rings is 1. The normalized spacial score (nSPS) is 28.5. The van der Waals surface area contributed by atoms with E-state index in [0.29, 0.717) is 38.0 Å². The molecule has 13 nitrogen and oxygen atoms in total. The van der Waals surface area contributed by atoms with Crippen molar-refractivity contribution in [1.29, 1.82) is 0 Å². The summed E-state index contributed by atoms with van der Waals surface area (Å²) >= 11 is 0. The van der Waals surface area contributed by atoms with E-state index >= 15 is 0 Å². The molecule has 1 saturated heterocycles. The monoisotopic (exact) mass is 709 g/mol. The molecule has 270 valence electrons. The maximum atomic E-state index is 14.4. The van der Waals surface area contributed by atoms with Crippen LogP contribution in [0.5, 0.6) is 5.88 Å². The number of carbonyl (C=O) groups is 4. The molecule has 3 fully saturated rings. The van der Waals surface area contributed by atoms with Crippen LogP contribution in [0.2, 0.25) is 0 Å². The van der Waals surface area contributed by atoms with Gasteiger partial charge in [-0.25, -0.2) is 18.2 Å². The van der Waals surface area contributed by atoms with Gasteiger partial charge in [-0.1, -0.05) is 49.6 Å². The molecule has 3 heterocycles. The van der Waals surface area contributed by atoms with Crippen molar-refractivity contribution >= 4 is 44.6 Å². The highest BCUT2D eigenvalue weighted by Crippen LogP contribution is 2.46. The van der Waals surface area contributed by atoms with Gasteiger partial charge in [0.1, 0.15) is 29.3 Å². The molecule has 3 N–H and O–H groups in total. The summed E-state index contributed by atoms with van der Waals surface area (Å²) in [6, 6.07) is 7.40. The van der Waals surface area contributed by atoms with Crippen LogP contribution in [0, 0.1) is 5.92 Å². The molecule has 50 heavy (non-hydrogen) atoms. The zero-order valence-corrected chi connectivity index (χ0v) is 29.7. The molecule has 6 rings (SSSR count). The van der Waals surface area contributed by atoms with Crippen LogP contribution in [0.15, 0.2) is 48.7 Å². The molecule has 1 aromatic carbocycles. The largest absolute Gasteiger partial charge is 0.472 e. The number of rotatable bonds is 6. The van der Waals surface area contributed by atoms with E-state index in [0.717, 1.165) is 30.0 Å². The van der Waals surface area contributed by atoms with Gasteiger partial charge in [-0.3, -0.25) is 19.1 Å². The average molecular weight is 710 g/mol. The Labute approximate surface area is 293 Å². The molecule has 0 unspecified atom stereocenters. The highest BCUT2D eigenvalue weighted by Gasteiger charge is 2.62. The zero-order valence-electron chi connectivity index (χ0n) is 28.9. The van der Waals surface area contributed by atoms with Crippen LogP contribution in [0.3, 0.4) is 0 Å². The van der Waals surface area contributed by atoms with E-state index in [4.69, 9.17) is 9.47 Å². The highest BCUT2D eigenvalue weighted by atomic mass is 32.2. The van der Waals surface area contributed by atoms with Crippen molar-refractivity contribution in [2.45, 2.75) is 120 Å². The van der Waals surface area contributed by atoms with Gasteiger partial charge in [0.05, 0.1) is 11.8 Å². The third kappa shape index (κ3) is 7.90. The Bertz CT molecular complexity index is 1770. The Morgan fingerprint density at radius 2 is 1.82 bits per heavy atom. The van der Waals surface area contributed by atoms with Crippen molar-refractivity contribution in [3.8, 4) is 5.88 Å². The lowest BCUT2D eigenvalue weighted by atomic mass is 10.0. The molecule has 2 aliphatic heterocycles. The molecule has 14 heteroatoms. The number of ether oxygens (including phenoxy) is 2. The molecule has 4 amide bonds. The van der Waals surface area contributed by atoms with Crippen LogP contribution in [-0.4, -0.2) is 83.2 Å². The summed E-state index contributed by atoms with van der Waals surface area (Å²) in [5.41, 5.74) is -2.27. The predicted octanol–water partition coefficient (Wildman–Crippen LogP) is 3.87. The number of aromatic nitrogens is 1. The number of hydrogen-bond acceptors (Lipinski definition) is 9. The van der Waals surface area contributed by atoms with Crippen LogP contribution in [-0.2, 0) is 29.1 Å². The molecule has 2 aliphatic carbocycles. The molecule has 2 aromatic rings. The third-order valence-electron chi connectivity index (χ3n) is 9.98. The smallest absolute Gasteiger partial charge is 0.408 e. The number of benzene rings is 1. The summed E-state index contributed by atoms with van der Waals surface area (Å²) in [5, 5.41) is 6.68. The molecule has 5 atom stereocenters. The van der Waals surface area contributed by atoms with Gasteiger partial charge in [-0.15, -0.1) is 0 Å². The first-order valence-corrected chi connectivity index (χ1v) is 19.2. The van der Waals surface area contributed by atoms with Crippen LogP contribution in [0.4, 0.5) is 4.79 Å². The summed E-state index contributed by atoms with van der Waals surface area (Å²) in [4.78, 5) is 61.1. The molecule has 0 bridgehead atoms. The second kappa shape index (κ2) is 14.2. The maximum Gasteiger partial charge on any atom is 0.408 e.